The zero-order valence-corrected chi connectivity index (χ0v) is 12.9. The minimum atomic E-state index is 0.576. The van der Waals surface area contributed by atoms with Gasteiger partial charge in [-0.15, -0.1) is 0 Å². The van der Waals surface area contributed by atoms with Gasteiger partial charge in [-0.25, -0.2) is 4.98 Å². The number of para-hydroxylation sites is 2. The van der Waals surface area contributed by atoms with Crippen LogP contribution in [0.15, 0.2) is 48.5 Å². The zero-order valence-electron chi connectivity index (χ0n) is 12.9. The molecule has 0 amide bonds. The summed E-state index contributed by atoms with van der Waals surface area (Å²) in [4.78, 5) is 4.63. The standard InChI is InChI=1S/C19H21N3/c1-14-21-18-8-4-5-9-19(18)22(14)11-10-20-17-12-15-6-2-3-7-16(15)13-17/h2-9,17,20H,10-13H2,1H3. The summed E-state index contributed by atoms with van der Waals surface area (Å²) in [6.45, 7) is 4.05. The molecule has 0 bridgehead atoms. The normalized spacial score (nSPS) is 14.6. The van der Waals surface area contributed by atoms with Gasteiger partial charge >= 0.3 is 0 Å². The number of nitrogens with one attached hydrogen (secondary N) is 1. The van der Waals surface area contributed by atoms with E-state index in [2.05, 4.69) is 64.3 Å². The third kappa shape index (κ3) is 2.42. The maximum atomic E-state index is 4.63. The largest absolute Gasteiger partial charge is 0.327 e. The third-order valence-electron chi connectivity index (χ3n) is 4.66. The van der Waals surface area contributed by atoms with E-state index in [1.165, 1.54) is 16.6 Å². The van der Waals surface area contributed by atoms with Crippen LogP contribution in [0, 0.1) is 6.92 Å². The molecule has 0 saturated carbocycles. The summed E-state index contributed by atoms with van der Waals surface area (Å²) >= 11 is 0. The Morgan fingerprint density at radius 1 is 1.05 bits per heavy atom. The van der Waals surface area contributed by atoms with E-state index in [0.29, 0.717) is 6.04 Å². The predicted molar refractivity (Wildman–Crippen MR) is 90.1 cm³/mol. The van der Waals surface area contributed by atoms with Crippen molar-refractivity contribution in [3.63, 3.8) is 0 Å². The van der Waals surface area contributed by atoms with Crippen molar-refractivity contribution in [1.29, 1.82) is 0 Å². The minimum Gasteiger partial charge on any atom is -0.327 e. The molecular formula is C19H21N3. The Morgan fingerprint density at radius 3 is 2.50 bits per heavy atom. The maximum absolute atomic E-state index is 4.63. The van der Waals surface area contributed by atoms with Gasteiger partial charge in [-0.1, -0.05) is 36.4 Å². The first-order chi connectivity index (χ1) is 10.8. The van der Waals surface area contributed by atoms with Gasteiger partial charge in [-0.05, 0) is 43.0 Å². The predicted octanol–water partition coefficient (Wildman–Crippen LogP) is 3.10. The summed E-state index contributed by atoms with van der Waals surface area (Å²) in [6.07, 6.45) is 2.31. The van der Waals surface area contributed by atoms with Crippen molar-refractivity contribution in [2.75, 3.05) is 6.54 Å². The van der Waals surface area contributed by atoms with Crippen molar-refractivity contribution >= 4 is 11.0 Å². The number of fused-ring (bicyclic) bond motifs is 2. The van der Waals surface area contributed by atoms with Crippen molar-refractivity contribution in [3.8, 4) is 0 Å². The second-order valence-corrected chi connectivity index (χ2v) is 6.13. The Kier molecular flexibility index (Phi) is 3.43. The maximum Gasteiger partial charge on any atom is 0.106 e. The minimum absolute atomic E-state index is 0.576. The lowest BCUT2D eigenvalue weighted by atomic mass is 10.1. The second-order valence-electron chi connectivity index (χ2n) is 6.13. The average molecular weight is 291 g/mol. The molecule has 1 aromatic heterocycles. The molecule has 0 aliphatic heterocycles. The lowest BCUT2D eigenvalue weighted by Gasteiger charge is -2.13. The van der Waals surface area contributed by atoms with E-state index < -0.39 is 0 Å². The van der Waals surface area contributed by atoms with E-state index in [1.807, 2.05) is 6.07 Å². The summed E-state index contributed by atoms with van der Waals surface area (Å²) in [5.41, 5.74) is 5.33. The van der Waals surface area contributed by atoms with Crippen molar-refractivity contribution < 1.29 is 0 Å². The molecule has 3 aromatic rings. The lowest BCUT2D eigenvalue weighted by Crippen LogP contribution is -2.32. The van der Waals surface area contributed by atoms with Crippen LogP contribution in [0.5, 0.6) is 0 Å². The number of benzene rings is 2. The van der Waals surface area contributed by atoms with Gasteiger partial charge in [-0.2, -0.15) is 0 Å². The third-order valence-corrected chi connectivity index (χ3v) is 4.66. The molecule has 0 fully saturated rings. The van der Waals surface area contributed by atoms with E-state index in [0.717, 1.165) is 37.3 Å². The SMILES string of the molecule is Cc1nc2ccccc2n1CCNC1Cc2ccccc2C1. The topological polar surface area (TPSA) is 29.9 Å². The fourth-order valence-corrected chi connectivity index (χ4v) is 3.56. The van der Waals surface area contributed by atoms with Crippen LogP contribution in [0.25, 0.3) is 11.0 Å². The molecule has 1 N–H and O–H groups in total. The van der Waals surface area contributed by atoms with Gasteiger partial charge in [0.05, 0.1) is 11.0 Å². The molecule has 112 valence electrons. The zero-order chi connectivity index (χ0) is 14.9. The van der Waals surface area contributed by atoms with Crippen LogP contribution < -0.4 is 5.32 Å². The van der Waals surface area contributed by atoms with Crippen LogP contribution in [0.3, 0.4) is 0 Å². The monoisotopic (exact) mass is 291 g/mol. The summed E-state index contributed by atoms with van der Waals surface area (Å²) in [5.74, 6) is 1.10. The number of rotatable bonds is 4. The first kappa shape index (κ1) is 13.5. The fourth-order valence-electron chi connectivity index (χ4n) is 3.56. The van der Waals surface area contributed by atoms with Crippen LogP contribution in [0.4, 0.5) is 0 Å². The summed E-state index contributed by atoms with van der Waals surface area (Å²) in [6, 6.07) is 17.7. The molecule has 4 rings (SSSR count). The first-order valence-corrected chi connectivity index (χ1v) is 8.03. The van der Waals surface area contributed by atoms with E-state index in [4.69, 9.17) is 0 Å². The highest BCUT2D eigenvalue weighted by molar-refractivity contribution is 5.75. The summed E-state index contributed by atoms with van der Waals surface area (Å²) in [5, 5.41) is 3.71. The Morgan fingerprint density at radius 2 is 1.73 bits per heavy atom. The summed E-state index contributed by atoms with van der Waals surface area (Å²) < 4.78 is 2.31. The number of aromatic nitrogens is 2. The molecule has 3 nitrogen and oxygen atoms in total. The number of imidazole rings is 1. The van der Waals surface area contributed by atoms with E-state index in [9.17, 15) is 0 Å². The van der Waals surface area contributed by atoms with E-state index in [1.54, 1.807) is 0 Å². The van der Waals surface area contributed by atoms with Crippen molar-refractivity contribution in [3.05, 3.63) is 65.5 Å². The number of hydrogen-bond donors (Lipinski definition) is 1. The van der Waals surface area contributed by atoms with E-state index in [-0.39, 0.29) is 0 Å². The molecular weight excluding hydrogens is 270 g/mol. The van der Waals surface area contributed by atoms with Gasteiger partial charge in [0.15, 0.2) is 0 Å². The summed E-state index contributed by atoms with van der Waals surface area (Å²) in [7, 11) is 0. The molecule has 0 radical (unpaired) electrons. The second kappa shape index (κ2) is 5.58. The van der Waals surface area contributed by atoms with Crippen LogP contribution in [0.1, 0.15) is 17.0 Å². The van der Waals surface area contributed by atoms with Crippen LogP contribution in [-0.2, 0) is 19.4 Å². The van der Waals surface area contributed by atoms with E-state index >= 15 is 0 Å². The number of nitrogens with zero attached hydrogens (tertiary/aromatic N) is 2. The highest BCUT2D eigenvalue weighted by atomic mass is 15.1. The van der Waals surface area contributed by atoms with Gasteiger partial charge in [0.2, 0.25) is 0 Å². The van der Waals surface area contributed by atoms with Gasteiger partial charge in [-0.3, -0.25) is 0 Å². The number of aryl methyl sites for hydroxylation is 1. The number of hydrogen-bond acceptors (Lipinski definition) is 2. The van der Waals surface area contributed by atoms with Gasteiger partial charge in [0, 0.05) is 19.1 Å². The quantitative estimate of drug-likeness (QED) is 0.800. The first-order valence-electron chi connectivity index (χ1n) is 8.03. The average Bonchev–Trinajstić information content (AvgIpc) is 3.08. The molecule has 1 aliphatic carbocycles. The molecule has 0 atom stereocenters. The highest BCUT2D eigenvalue weighted by Crippen LogP contribution is 2.21. The highest BCUT2D eigenvalue weighted by Gasteiger charge is 2.20. The fraction of sp³-hybridized carbons (Fsp3) is 0.316. The Balaban J connectivity index is 1.40. The van der Waals surface area contributed by atoms with Crippen molar-refractivity contribution in [1.82, 2.24) is 14.9 Å². The van der Waals surface area contributed by atoms with Crippen molar-refractivity contribution in [2.24, 2.45) is 0 Å². The smallest absolute Gasteiger partial charge is 0.106 e. The van der Waals surface area contributed by atoms with Gasteiger partial charge < -0.3 is 9.88 Å². The van der Waals surface area contributed by atoms with Gasteiger partial charge in [0.1, 0.15) is 5.82 Å². The molecule has 1 heterocycles. The van der Waals surface area contributed by atoms with Crippen molar-refractivity contribution in [2.45, 2.75) is 32.4 Å². The lowest BCUT2D eigenvalue weighted by molar-refractivity contribution is 0.503. The van der Waals surface area contributed by atoms with Gasteiger partial charge in [0.25, 0.3) is 0 Å². The Bertz CT molecular complexity index is 778. The molecule has 22 heavy (non-hydrogen) atoms. The Labute approximate surface area is 131 Å². The molecule has 3 heteroatoms. The molecule has 1 aliphatic rings. The Hall–Kier alpha value is -2.13. The molecule has 0 saturated heterocycles. The van der Waals surface area contributed by atoms with Crippen LogP contribution in [0.2, 0.25) is 0 Å². The van der Waals surface area contributed by atoms with Crippen LogP contribution >= 0.6 is 0 Å². The molecule has 0 spiro atoms. The molecule has 2 aromatic carbocycles. The van der Waals surface area contributed by atoms with Crippen LogP contribution in [-0.4, -0.2) is 22.1 Å². The molecule has 0 unspecified atom stereocenters.